The van der Waals surface area contributed by atoms with E-state index in [1.165, 1.54) is 33.6 Å². The first-order valence-electron chi connectivity index (χ1n) is 20.3. The zero-order chi connectivity index (χ0) is 46.7. The molecule has 0 saturated carbocycles. The summed E-state index contributed by atoms with van der Waals surface area (Å²) in [7, 11) is 3.17. The quantitative estimate of drug-likeness (QED) is 0.137. The SMILES string of the molecule is CC(=O)N1CCN(c2ncc(-c3ccc4c(=O)n(C)n(Cc5c(CO)cccc5OC(F)F)c4c3)cn2)C[C@H]1C.Cn1c(=O)c2ccc(Cl)cc2n1Cc1c(CO)cccc1OC(F)F. The lowest BCUT2D eigenvalue weighted by molar-refractivity contribution is -0.131. The Morgan fingerprint density at radius 1 is 0.754 bits per heavy atom. The number of nitrogens with zero attached hydrogens (tertiary/aromatic N) is 8. The summed E-state index contributed by atoms with van der Waals surface area (Å²) in [5.41, 5.74) is 3.77. The van der Waals surface area contributed by atoms with E-state index in [1.807, 2.05) is 28.9 Å². The van der Waals surface area contributed by atoms with Crippen LogP contribution in [0.2, 0.25) is 5.02 Å². The van der Waals surface area contributed by atoms with E-state index >= 15 is 0 Å². The number of carbonyl (C=O) groups excluding carboxylic acids is 1. The van der Waals surface area contributed by atoms with E-state index in [1.54, 1.807) is 79.2 Å². The van der Waals surface area contributed by atoms with Crippen LogP contribution in [0.1, 0.15) is 36.1 Å². The fourth-order valence-corrected chi connectivity index (χ4v) is 8.28. The van der Waals surface area contributed by atoms with Gasteiger partial charge >= 0.3 is 13.2 Å². The highest BCUT2D eigenvalue weighted by atomic mass is 35.5. The standard InChI is InChI=1S/C28H30F2N6O4.C17H15ClF2N2O3/c1-17-14-34(9-10-35(17)18(2)38)28-31-12-21(13-32-28)19-7-8-22-24(11-19)36(33(3)26(22)39)15-23-20(16-37)5-4-6-25(23)40-27(29)30;1-21-16(24)12-6-5-11(18)7-14(12)22(21)8-13-10(9-23)3-2-4-15(13)25-17(19)20/h4-8,11-13,17,27,37H,9-10,14-16H2,1-3H3;2-7,17,23H,8-9H2,1H3/t17-;/m1./s1. The summed E-state index contributed by atoms with van der Waals surface area (Å²) in [4.78, 5) is 50.2. The molecule has 3 aromatic heterocycles. The summed E-state index contributed by atoms with van der Waals surface area (Å²) in [6, 6.07) is 19.4. The highest BCUT2D eigenvalue weighted by Gasteiger charge is 2.27. The van der Waals surface area contributed by atoms with Gasteiger partial charge in [0, 0.05) is 80.8 Å². The molecule has 1 aliphatic heterocycles. The van der Waals surface area contributed by atoms with Gasteiger partial charge in [0.25, 0.3) is 11.1 Å². The number of hydrogen-bond acceptors (Lipinski definition) is 10. The monoisotopic (exact) mass is 920 g/mol. The Morgan fingerprint density at radius 2 is 1.26 bits per heavy atom. The average molecular weight is 921 g/mol. The Morgan fingerprint density at radius 3 is 1.74 bits per heavy atom. The van der Waals surface area contributed by atoms with Crippen LogP contribution in [0, 0.1) is 0 Å². The van der Waals surface area contributed by atoms with Gasteiger partial charge in [-0.15, -0.1) is 0 Å². The van der Waals surface area contributed by atoms with Gasteiger partial charge in [0.15, 0.2) is 0 Å². The summed E-state index contributed by atoms with van der Waals surface area (Å²) in [6.07, 6.45) is 3.43. The number of aromatic nitrogens is 6. The van der Waals surface area contributed by atoms with Crippen LogP contribution in [0.4, 0.5) is 23.5 Å². The van der Waals surface area contributed by atoms with Crippen molar-refractivity contribution < 1.29 is 42.0 Å². The molecule has 0 radical (unpaired) electrons. The third-order valence-corrected chi connectivity index (χ3v) is 11.7. The molecule has 15 nitrogen and oxygen atoms in total. The molecule has 4 heterocycles. The van der Waals surface area contributed by atoms with Crippen LogP contribution < -0.4 is 25.5 Å². The van der Waals surface area contributed by atoms with Crippen LogP contribution in [0.5, 0.6) is 11.5 Å². The number of hydrogen-bond donors (Lipinski definition) is 2. The molecule has 0 unspecified atom stereocenters. The Kier molecular flexibility index (Phi) is 13.9. The fraction of sp³-hybridized carbons (Fsp3) is 0.311. The Bertz CT molecular complexity index is 2970. The minimum absolute atomic E-state index is 0.0251. The first-order valence-corrected chi connectivity index (χ1v) is 20.7. The van der Waals surface area contributed by atoms with Gasteiger partial charge in [-0.05, 0) is 66.1 Å². The maximum Gasteiger partial charge on any atom is 0.387 e. The van der Waals surface area contributed by atoms with Gasteiger partial charge in [0.1, 0.15) is 11.5 Å². The van der Waals surface area contributed by atoms with Crippen molar-refractivity contribution in [2.45, 2.75) is 59.4 Å². The molecule has 8 rings (SSSR count). The normalized spacial score (nSPS) is 14.1. The summed E-state index contributed by atoms with van der Waals surface area (Å²) < 4.78 is 66.9. The van der Waals surface area contributed by atoms with E-state index in [-0.39, 0.29) is 60.9 Å². The molecule has 1 saturated heterocycles. The van der Waals surface area contributed by atoms with Crippen LogP contribution in [-0.4, -0.2) is 88.6 Å². The van der Waals surface area contributed by atoms with E-state index in [9.17, 15) is 42.2 Å². The number of anilines is 1. The molecule has 1 atom stereocenters. The van der Waals surface area contributed by atoms with Gasteiger partial charge in [-0.25, -0.2) is 9.97 Å². The topological polar surface area (TPSA) is 162 Å². The van der Waals surface area contributed by atoms with Crippen molar-refractivity contribution in [1.82, 2.24) is 33.6 Å². The van der Waals surface area contributed by atoms with Crippen molar-refractivity contribution in [1.29, 1.82) is 0 Å². The minimum atomic E-state index is -3.03. The maximum absolute atomic E-state index is 13.1. The van der Waals surface area contributed by atoms with Gasteiger partial charge in [-0.1, -0.05) is 41.9 Å². The molecular weight excluding hydrogens is 876 g/mol. The number of benzene rings is 4. The summed E-state index contributed by atoms with van der Waals surface area (Å²) >= 11 is 6.03. The van der Waals surface area contributed by atoms with Crippen molar-refractivity contribution in [2.24, 2.45) is 14.1 Å². The lowest BCUT2D eigenvalue weighted by Crippen LogP contribution is -2.53. The molecule has 0 spiro atoms. The van der Waals surface area contributed by atoms with E-state index < -0.39 is 13.2 Å². The van der Waals surface area contributed by atoms with E-state index in [0.29, 0.717) is 74.7 Å². The summed E-state index contributed by atoms with van der Waals surface area (Å²) in [5, 5.41) is 20.8. The lowest BCUT2D eigenvalue weighted by Gasteiger charge is -2.39. The molecule has 7 aromatic rings. The van der Waals surface area contributed by atoms with Crippen molar-refractivity contribution in [3.63, 3.8) is 0 Å². The number of alkyl halides is 4. The molecule has 4 aromatic carbocycles. The predicted octanol–water partition coefficient (Wildman–Crippen LogP) is 6.13. The van der Waals surface area contributed by atoms with Crippen molar-refractivity contribution in [2.75, 3.05) is 24.5 Å². The van der Waals surface area contributed by atoms with Crippen LogP contribution in [0.25, 0.3) is 32.9 Å². The second-order valence-corrected chi connectivity index (χ2v) is 15.7. The van der Waals surface area contributed by atoms with Crippen LogP contribution in [0.15, 0.2) is 94.8 Å². The second kappa shape index (κ2) is 19.6. The zero-order valence-electron chi connectivity index (χ0n) is 35.7. The van der Waals surface area contributed by atoms with Crippen LogP contribution in [0.3, 0.4) is 0 Å². The number of rotatable bonds is 12. The lowest BCUT2D eigenvalue weighted by atomic mass is 10.1. The van der Waals surface area contributed by atoms with Crippen molar-refractivity contribution in [3.8, 4) is 22.6 Å². The number of carbonyl (C=O) groups is 1. The summed E-state index contributed by atoms with van der Waals surface area (Å²) in [6.45, 7) is -1.21. The van der Waals surface area contributed by atoms with Gasteiger partial charge in [0.2, 0.25) is 11.9 Å². The number of amides is 1. The van der Waals surface area contributed by atoms with Crippen LogP contribution in [-0.2, 0) is 45.2 Å². The molecule has 1 amide bonds. The summed E-state index contributed by atoms with van der Waals surface area (Å²) in [5.74, 6) is 0.520. The highest BCUT2D eigenvalue weighted by molar-refractivity contribution is 6.31. The zero-order valence-corrected chi connectivity index (χ0v) is 36.4. The number of aliphatic hydroxyl groups excluding tert-OH is 2. The van der Waals surface area contributed by atoms with Crippen molar-refractivity contribution in [3.05, 3.63) is 133 Å². The molecule has 1 fully saturated rings. The highest BCUT2D eigenvalue weighted by Crippen LogP contribution is 2.30. The second-order valence-electron chi connectivity index (χ2n) is 15.3. The maximum atomic E-state index is 13.1. The number of piperazine rings is 1. The van der Waals surface area contributed by atoms with Gasteiger partial charge < -0.3 is 29.5 Å². The number of ether oxygens (including phenoxy) is 2. The molecular formula is C45H45ClF4N8O7. The molecule has 0 bridgehead atoms. The fourth-order valence-electron chi connectivity index (χ4n) is 8.11. The number of halogens is 5. The van der Waals surface area contributed by atoms with Gasteiger partial charge in [-0.2, -0.15) is 17.6 Å². The van der Waals surface area contributed by atoms with Crippen molar-refractivity contribution >= 4 is 45.3 Å². The Balaban J connectivity index is 0.000000216. The van der Waals surface area contributed by atoms with E-state index in [4.69, 9.17) is 16.3 Å². The van der Waals surface area contributed by atoms with Gasteiger partial charge in [-0.3, -0.25) is 33.1 Å². The van der Waals surface area contributed by atoms with Gasteiger partial charge in [0.05, 0.1) is 48.1 Å². The molecule has 1 aliphatic rings. The largest absolute Gasteiger partial charge is 0.434 e. The Labute approximate surface area is 373 Å². The van der Waals surface area contributed by atoms with E-state index in [0.717, 1.165) is 11.1 Å². The average Bonchev–Trinajstić information content (AvgIpc) is 3.66. The third kappa shape index (κ3) is 9.72. The predicted molar refractivity (Wildman–Crippen MR) is 236 cm³/mol. The smallest absolute Gasteiger partial charge is 0.387 e. The molecule has 20 heteroatoms. The third-order valence-electron chi connectivity index (χ3n) is 11.4. The Hall–Kier alpha value is -6.70. The number of aliphatic hydroxyl groups is 2. The molecule has 65 heavy (non-hydrogen) atoms. The molecule has 0 aliphatic carbocycles. The minimum Gasteiger partial charge on any atom is -0.434 e. The first kappa shape index (κ1) is 46.3. The molecule has 342 valence electrons. The van der Waals surface area contributed by atoms with Crippen LogP contribution >= 0.6 is 11.6 Å². The molecule has 2 N–H and O–H groups in total. The van der Waals surface area contributed by atoms with E-state index in [2.05, 4.69) is 14.7 Å². The first-order chi connectivity index (χ1) is 31.1. The number of fused-ring (bicyclic) bond motifs is 2.